The average Bonchev–Trinajstić information content (AvgIpc) is 3.05. The third-order valence-electron chi connectivity index (χ3n) is 4.11. The summed E-state index contributed by atoms with van der Waals surface area (Å²) in [7, 11) is 0. The van der Waals surface area contributed by atoms with E-state index in [2.05, 4.69) is 5.32 Å². The summed E-state index contributed by atoms with van der Waals surface area (Å²) in [6, 6.07) is 3.73. The largest absolute Gasteiger partial charge is 0.481 e. The van der Waals surface area contributed by atoms with Crippen molar-refractivity contribution in [3.63, 3.8) is 0 Å². The van der Waals surface area contributed by atoms with E-state index in [4.69, 9.17) is 0 Å². The number of nitrogens with zero attached hydrogens (tertiary/aromatic N) is 1. The summed E-state index contributed by atoms with van der Waals surface area (Å²) in [4.78, 5) is 26.3. The van der Waals surface area contributed by atoms with Crippen LogP contribution < -0.4 is 5.32 Å². The molecule has 0 spiro atoms. The lowest BCUT2D eigenvalue weighted by molar-refractivity contribution is -0.150. The molecule has 1 unspecified atom stereocenters. The molecule has 0 saturated carbocycles. The first-order chi connectivity index (χ1) is 9.45. The number of amides is 2. The molecule has 2 N–H and O–H groups in total. The first-order valence-corrected chi connectivity index (χ1v) is 7.62. The van der Waals surface area contributed by atoms with Crippen molar-refractivity contribution >= 4 is 23.3 Å². The van der Waals surface area contributed by atoms with Crippen LogP contribution in [0.5, 0.6) is 0 Å². The minimum Gasteiger partial charge on any atom is -0.481 e. The Kier molecular flexibility index (Phi) is 4.32. The van der Waals surface area contributed by atoms with Crippen LogP contribution in [0.3, 0.4) is 0 Å². The van der Waals surface area contributed by atoms with Gasteiger partial charge in [0.2, 0.25) is 0 Å². The van der Waals surface area contributed by atoms with Crippen LogP contribution in [0, 0.1) is 11.3 Å². The van der Waals surface area contributed by atoms with Gasteiger partial charge in [0.15, 0.2) is 0 Å². The lowest BCUT2D eigenvalue weighted by Crippen LogP contribution is -2.43. The Balaban J connectivity index is 1.94. The molecule has 1 fully saturated rings. The van der Waals surface area contributed by atoms with Crippen molar-refractivity contribution in [2.45, 2.75) is 26.8 Å². The molecule has 2 heterocycles. The first kappa shape index (κ1) is 14.8. The number of carbonyl (C=O) groups is 2. The van der Waals surface area contributed by atoms with Crippen LogP contribution in [0.1, 0.15) is 25.1 Å². The predicted octanol–water partition coefficient (Wildman–Crippen LogP) is 2.39. The maximum Gasteiger partial charge on any atom is 0.317 e. The number of nitrogens with one attached hydrogen (secondary N) is 1. The summed E-state index contributed by atoms with van der Waals surface area (Å²) in [6.45, 7) is 5.09. The van der Waals surface area contributed by atoms with Crippen molar-refractivity contribution in [2.75, 3.05) is 13.1 Å². The van der Waals surface area contributed by atoms with E-state index in [1.165, 1.54) is 0 Å². The first-order valence-electron chi connectivity index (χ1n) is 6.74. The highest BCUT2D eigenvalue weighted by molar-refractivity contribution is 7.09. The van der Waals surface area contributed by atoms with Gasteiger partial charge in [-0.15, -0.1) is 11.3 Å². The molecule has 2 rings (SSSR count). The standard InChI is InChI=1S/C14H20N2O3S/c1-10(2)14(12(17)18)5-6-16(9-14)13(19)15-8-11-4-3-7-20-11/h3-4,7,10H,5-6,8-9H2,1-2H3,(H,15,19)(H,17,18). The van der Waals surface area contributed by atoms with Crippen LogP contribution in [0.2, 0.25) is 0 Å². The summed E-state index contributed by atoms with van der Waals surface area (Å²) in [5.74, 6) is -0.795. The van der Waals surface area contributed by atoms with E-state index in [9.17, 15) is 14.7 Å². The Morgan fingerprint density at radius 3 is 2.80 bits per heavy atom. The topological polar surface area (TPSA) is 69.6 Å². The van der Waals surface area contributed by atoms with Crippen LogP contribution in [0.25, 0.3) is 0 Å². The van der Waals surface area contributed by atoms with Gasteiger partial charge in [-0.2, -0.15) is 0 Å². The summed E-state index contributed by atoms with van der Waals surface area (Å²) in [5, 5.41) is 14.3. The van der Waals surface area contributed by atoms with E-state index in [1.54, 1.807) is 16.2 Å². The molecule has 0 bridgehead atoms. The van der Waals surface area contributed by atoms with Gasteiger partial charge < -0.3 is 15.3 Å². The fraction of sp³-hybridized carbons (Fsp3) is 0.571. The summed E-state index contributed by atoms with van der Waals surface area (Å²) < 4.78 is 0. The number of hydrogen-bond acceptors (Lipinski definition) is 3. The van der Waals surface area contributed by atoms with Crippen molar-refractivity contribution in [3.05, 3.63) is 22.4 Å². The second-order valence-corrected chi connectivity index (χ2v) is 6.56. The van der Waals surface area contributed by atoms with Gasteiger partial charge in [-0.3, -0.25) is 4.79 Å². The molecule has 1 saturated heterocycles. The summed E-state index contributed by atoms with van der Waals surface area (Å²) in [5.41, 5.74) is -0.805. The van der Waals surface area contributed by atoms with E-state index in [0.29, 0.717) is 19.5 Å². The molecule has 110 valence electrons. The number of likely N-dealkylation sites (tertiary alicyclic amines) is 1. The molecule has 1 aliphatic heterocycles. The molecule has 1 aliphatic rings. The Labute approximate surface area is 122 Å². The summed E-state index contributed by atoms with van der Waals surface area (Å²) >= 11 is 1.59. The van der Waals surface area contributed by atoms with Gasteiger partial charge in [0.1, 0.15) is 0 Å². The molecular weight excluding hydrogens is 276 g/mol. The van der Waals surface area contributed by atoms with Gasteiger partial charge in [-0.1, -0.05) is 19.9 Å². The third kappa shape index (κ3) is 2.80. The maximum absolute atomic E-state index is 12.1. The highest BCUT2D eigenvalue weighted by Crippen LogP contribution is 2.38. The number of carboxylic acid groups (broad SMARTS) is 1. The third-order valence-corrected chi connectivity index (χ3v) is 4.99. The smallest absolute Gasteiger partial charge is 0.317 e. The Bertz CT molecular complexity index is 487. The summed E-state index contributed by atoms with van der Waals surface area (Å²) in [6.07, 6.45) is 0.520. The molecule has 1 aromatic heterocycles. The van der Waals surface area contributed by atoms with Gasteiger partial charge in [0, 0.05) is 18.0 Å². The second-order valence-electron chi connectivity index (χ2n) is 5.53. The van der Waals surface area contributed by atoms with Crippen molar-refractivity contribution in [1.82, 2.24) is 10.2 Å². The van der Waals surface area contributed by atoms with Crippen LogP contribution in [-0.2, 0) is 11.3 Å². The van der Waals surface area contributed by atoms with Gasteiger partial charge in [0.25, 0.3) is 0 Å². The molecule has 0 radical (unpaired) electrons. The minimum atomic E-state index is -0.805. The maximum atomic E-state index is 12.1. The van der Waals surface area contributed by atoms with Gasteiger partial charge in [-0.25, -0.2) is 4.79 Å². The molecule has 1 aromatic rings. The Morgan fingerprint density at radius 2 is 2.30 bits per heavy atom. The zero-order valence-electron chi connectivity index (χ0n) is 11.8. The van der Waals surface area contributed by atoms with E-state index >= 15 is 0 Å². The zero-order chi connectivity index (χ0) is 14.8. The van der Waals surface area contributed by atoms with E-state index in [-0.39, 0.29) is 18.5 Å². The molecule has 2 amide bonds. The number of thiophene rings is 1. The number of rotatable bonds is 4. The molecule has 6 heteroatoms. The van der Waals surface area contributed by atoms with Crippen molar-refractivity contribution < 1.29 is 14.7 Å². The van der Waals surface area contributed by atoms with E-state index in [0.717, 1.165) is 4.88 Å². The minimum absolute atomic E-state index is 0.00935. The monoisotopic (exact) mass is 296 g/mol. The highest BCUT2D eigenvalue weighted by Gasteiger charge is 2.48. The molecule has 0 aromatic carbocycles. The lowest BCUT2D eigenvalue weighted by atomic mass is 9.76. The van der Waals surface area contributed by atoms with Crippen LogP contribution >= 0.6 is 11.3 Å². The van der Waals surface area contributed by atoms with Crippen molar-refractivity contribution in [3.8, 4) is 0 Å². The van der Waals surface area contributed by atoms with E-state index < -0.39 is 11.4 Å². The number of carboxylic acids is 1. The van der Waals surface area contributed by atoms with Crippen LogP contribution in [-0.4, -0.2) is 35.1 Å². The van der Waals surface area contributed by atoms with E-state index in [1.807, 2.05) is 31.4 Å². The molecule has 1 atom stereocenters. The fourth-order valence-corrected chi connectivity index (χ4v) is 3.23. The number of hydrogen-bond donors (Lipinski definition) is 2. The highest BCUT2D eigenvalue weighted by atomic mass is 32.1. The van der Waals surface area contributed by atoms with Gasteiger partial charge >= 0.3 is 12.0 Å². The SMILES string of the molecule is CC(C)C1(C(=O)O)CCN(C(=O)NCc2cccs2)C1. The second kappa shape index (κ2) is 5.83. The normalized spacial score (nSPS) is 22.2. The predicted molar refractivity (Wildman–Crippen MR) is 77.7 cm³/mol. The van der Waals surface area contributed by atoms with Crippen molar-refractivity contribution in [1.29, 1.82) is 0 Å². The van der Waals surface area contributed by atoms with Crippen LogP contribution in [0.15, 0.2) is 17.5 Å². The molecule has 5 nitrogen and oxygen atoms in total. The molecular formula is C14H20N2O3S. The average molecular weight is 296 g/mol. The fourth-order valence-electron chi connectivity index (χ4n) is 2.59. The van der Waals surface area contributed by atoms with Crippen LogP contribution in [0.4, 0.5) is 4.79 Å². The Morgan fingerprint density at radius 1 is 1.55 bits per heavy atom. The lowest BCUT2D eigenvalue weighted by Gasteiger charge is -2.28. The Hall–Kier alpha value is -1.56. The van der Waals surface area contributed by atoms with Gasteiger partial charge in [-0.05, 0) is 23.8 Å². The van der Waals surface area contributed by atoms with Crippen molar-refractivity contribution in [2.24, 2.45) is 11.3 Å². The number of carbonyl (C=O) groups excluding carboxylic acids is 1. The van der Waals surface area contributed by atoms with Gasteiger partial charge in [0.05, 0.1) is 12.0 Å². The number of aliphatic carboxylic acids is 1. The quantitative estimate of drug-likeness (QED) is 0.896. The molecule has 20 heavy (non-hydrogen) atoms. The number of urea groups is 1. The molecule has 0 aliphatic carbocycles. The zero-order valence-corrected chi connectivity index (χ0v) is 12.6.